The van der Waals surface area contributed by atoms with Crippen LogP contribution in [0.2, 0.25) is 0 Å². The maximum Gasteiger partial charge on any atom is 0.256 e. The Hall–Kier alpha value is -4.18. The molecular weight excluding hydrogens is 598 g/mol. The van der Waals surface area contributed by atoms with Gasteiger partial charge in [-0.25, -0.2) is 13.8 Å². The zero-order valence-electron chi connectivity index (χ0n) is 29.4. The highest BCUT2D eigenvalue weighted by molar-refractivity contribution is 5.98. The number of hydrogen-bond acceptors (Lipinski definition) is 6. The Bertz CT molecular complexity index is 1730. The molecule has 5 rings (SSSR count). The van der Waals surface area contributed by atoms with Gasteiger partial charge >= 0.3 is 0 Å². The second-order valence-electron chi connectivity index (χ2n) is 12.6. The Balaban J connectivity index is 0.00000144. The minimum atomic E-state index is -0.892. The third-order valence-corrected chi connectivity index (χ3v) is 7.73. The molecule has 0 aliphatic carbocycles. The van der Waals surface area contributed by atoms with E-state index >= 15 is 8.78 Å². The van der Waals surface area contributed by atoms with Crippen LogP contribution in [0.1, 0.15) is 97.5 Å². The van der Waals surface area contributed by atoms with Gasteiger partial charge in [-0.3, -0.25) is 14.2 Å². The summed E-state index contributed by atoms with van der Waals surface area (Å²) in [5.74, 6) is -1.78. The fourth-order valence-corrected chi connectivity index (χ4v) is 6.27. The predicted octanol–water partition coefficient (Wildman–Crippen LogP) is 7.95. The molecule has 0 saturated carbocycles. The second kappa shape index (κ2) is 15.6. The molecule has 0 radical (unpaired) electrons. The number of para-hydroxylation sites is 1. The normalized spacial score (nSPS) is 15.1. The number of aryl methyl sites for hydroxylation is 1. The lowest BCUT2D eigenvalue weighted by Crippen LogP contribution is -2.60. The van der Waals surface area contributed by atoms with Crippen LogP contribution in [0, 0.1) is 18.6 Å². The van der Waals surface area contributed by atoms with Crippen LogP contribution < -0.4 is 21.5 Å². The van der Waals surface area contributed by atoms with Crippen LogP contribution in [-0.4, -0.2) is 44.1 Å². The molecule has 0 unspecified atom stereocenters. The largest absolute Gasteiger partial charge is 0.352 e. The summed E-state index contributed by atoms with van der Waals surface area (Å²) < 4.78 is 31.2. The first kappa shape index (κ1) is 37.3. The summed E-state index contributed by atoms with van der Waals surface area (Å²) in [6.07, 6.45) is 2.33. The SMILES string of the molecule is CC.CC.CCCNC(=O)c1ccc(C)c(-c2nc(NC3CC(C)(C)NC(C)(C)C3)nc3c2ccc(=O)n3-c2c(F)cccc2F)c1. The molecule has 1 saturated heterocycles. The van der Waals surface area contributed by atoms with Crippen molar-refractivity contribution in [1.29, 1.82) is 0 Å². The van der Waals surface area contributed by atoms with E-state index in [9.17, 15) is 9.59 Å². The molecule has 2 aromatic carbocycles. The molecule has 1 aliphatic rings. The fraction of sp³-hybridized carbons (Fsp3) is 0.459. The summed E-state index contributed by atoms with van der Waals surface area (Å²) in [4.78, 5) is 35.8. The lowest BCUT2D eigenvalue weighted by molar-refractivity contribution is 0.0953. The number of nitrogens with one attached hydrogen (secondary N) is 3. The van der Waals surface area contributed by atoms with Gasteiger partial charge in [-0.05, 0) is 89.8 Å². The van der Waals surface area contributed by atoms with Crippen molar-refractivity contribution in [3.8, 4) is 16.9 Å². The average molecular weight is 649 g/mol. The number of aromatic nitrogens is 3. The maximum atomic E-state index is 15.1. The van der Waals surface area contributed by atoms with E-state index in [-0.39, 0.29) is 34.6 Å². The van der Waals surface area contributed by atoms with Gasteiger partial charge in [0.25, 0.3) is 11.5 Å². The van der Waals surface area contributed by atoms with Crippen molar-refractivity contribution in [3.05, 3.63) is 81.6 Å². The van der Waals surface area contributed by atoms with Crippen LogP contribution >= 0.6 is 0 Å². The lowest BCUT2D eigenvalue weighted by atomic mass is 9.80. The van der Waals surface area contributed by atoms with Gasteiger partial charge in [-0.15, -0.1) is 0 Å². The summed E-state index contributed by atoms with van der Waals surface area (Å²) in [7, 11) is 0. The molecular formula is C37H50F2N6O2. The molecule has 0 spiro atoms. The first-order valence-electron chi connectivity index (χ1n) is 16.6. The van der Waals surface area contributed by atoms with Crippen LogP contribution in [0.5, 0.6) is 0 Å². The van der Waals surface area contributed by atoms with Crippen molar-refractivity contribution in [2.75, 3.05) is 11.9 Å². The van der Waals surface area contributed by atoms with Crippen LogP contribution in [0.25, 0.3) is 28.0 Å². The van der Waals surface area contributed by atoms with Gasteiger partial charge in [-0.2, -0.15) is 4.98 Å². The fourth-order valence-electron chi connectivity index (χ4n) is 6.27. The molecule has 0 atom stereocenters. The van der Waals surface area contributed by atoms with Crippen molar-refractivity contribution >= 4 is 22.9 Å². The Morgan fingerprint density at radius 2 is 1.57 bits per heavy atom. The third kappa shape index (κ3) is 8.60. The van der Waals surface area contributed by atoms with Crippen molar-refractivity contribution in [2.45, 2.75) is 106 Å². The number of nitrogens with zero attached hydrogens (tertiary/aromatic N) is 3. The number of rotatable bonds is 7. The molecule has 254 valence electrons. The minimum Gasteiger partial charge on any atom is -0.352 e. The van der Waals surface area contributed by atoms with E-state index in [1.54, 1.807) is 18.2 Å². The van der Waals surface area contributed by atoms with Crippen LogP contribution in [-0.2, 0) is 0 Å². The van der Waals surface area contributed by atoms with Crippen molar-refractivity contribution < 1.29 is 13.6 Å². The maximum absolute atomic E-state index is 15.1. The van der Waals surface area contributed by atoms with E-state index in [1.807, 2.05) is 47.6 Å². The summed E-state index contributed by atoms with van der Waals surface area (Å²) >= 11 is 0. The molecule has 0 bridgehead atoms. The van der Waals surface area contributed by atoms with Gasteiger partial charge in [0.1, 0.15) is 17.3 Å². The van der Waals surface area contributed by atoms with Gasteiger partial charge < -0.3 is 16.0 Å². The molecule has 3 heterocycles. The topological polar surface area (TPSA) is 101 Å². The average Bonchev–Trinajstić information content (AvgIpc) is 3.01. The highest BCUT2D eigenvalue weighted by atomic mass is 19.1. The van der Waals surface area contributed by atoms with E-state index in [0.29, 0.717) is 28.8 Å². The van der Waals surface area contributed by atoms with Crippen molar-refractivity contribution in [3.63, 3.8) is 0 Å². The van der Waals surface area contributed by atoms with Gasteiger partial charge in [0.2, 0.25) is 5.95 Å². The number of carbonyl (C=O) groups is 1. The second-order valence-corrected chi connectivity index (χ2v) is 12.6. The molecule has 1 amide bonds. The quantitative estimate of drug-likeness (QED) is 0.188. The molecule has 1 fully saturated rings. The number of pyridine rings is 1. The molecule has 4 aromatic rings. The van der Waals surface area contributed by atoms with Crippen molar-refractivity contribution in [1.82, 2.24) is 25.2 Å². The zero-order valence-corrected chi connectivity index (χ0v) is 29.4. The summed E-state index contributed by atoms with van der Waals surface area (Å²) in [6.45, 7) is 20.9. The van der Waals surface area contributed by atoms with Crippen LogP contribution in [0.3, 0.4) is 0 Å². The van der Waals surface area contributed by atoms with Gasteiger partial charge in [0, 0.05) is 46.2 Å². The highest BCUT2D eigenvalue weighted by Gasteiger charge is 2.38. The smallest absolute Gasteiger partial charge is 0.256 e. The minimum absolute atomic E-state index is 0.0297. The summed E-state index contributed by atoms with van der Waals surface area (Å²) in [6, 6.07) is 11.6. The molecule has 47 heavy (non-hydrogen) atoms. The number of anilines is 1. The molecule has 1 aliphatic heterocycles. The Labute approximate surface area is 277 Å². The number of amides is 1. The van der Waals surface area contributed by atoms with Gasteiger partial charge in [-0.1, -0.05) is 46.8 Å². The number of piperidine rings is 1. The van der Waals surface area contributed by atoms with Crippen LogP contribution in [0.4, 0.5) is 14.7 Å². The first-order valence-corrected chi connectivity index (χ1v) is 16.6. The number of carbonyl (C=O) groups excluding carboxylic acids is 1. The first-order chi connectivity index (χ1) is 22.3. The molecule has 2 aromatic heterocycles. The van der Waals surface area contributed by atoms with E-state index in [2.05, 4.69) is 43.6 Å². The number of hydrogen-bond donors (Lipinski definition) is 3. The zero-order chi connectivity index (χ0) is 35.1. The van der Waals surface area contributed by atoms with E-state index in [4.69, 9.17) is 9.97 Å². The lowest BCUT2D eigenvalue weighted by Gasteiger charge is -2.46. The van der Waals surface area contributed by atoms with Gasteiger partial charge in [0.05, 0.1) is 5.69 Å². The standard InChI is InChI=1S/C33H38F2N6O2.2C2H6/c1-7-15-36-30(43)20-12-11-19(2)23(16-20)27-22-13-14-26(42)41(28-24(34)9-8-10-25(28)35)29(22)39-31(38-27)37-21-17-32(3,4)40-33(5,6)18-21;2*1-2/h8-14,16,21,40H,7,15,17-18H2,1-6H3,(H,36,43)(H,37,38,39);2*1-2H3. The number of benzene rings is 2. The summed E-state index contributed by atoms with van der Waals surface area (Å²) in [5.41, 5.74) is 0.919. The molecule has 10 heteroatoms. The Morgan fingerprint density at radius 1 is 0.957 bits per heavy atom. The monoisotopic (exact) mass is 648 g/mol. The predicted molar refractivity (Wildman–Crippen MR) is 188 cm³/mol. The van der Waals surface area contributed by atoms with Crippen LogP contribution in [0.15, 0.2) is 53.3 Å². The molecule has 8 nitrogen and oxygen atoms in total. The van der Waals surface area contributed by atoms with E-state index < -0.39 is 22.9 Å². The Morgan fingerprint density at radius 3 is 2.17 bits per heavy atom. The molecule has 3 N–H and O–H groups in total. The summed E-state index contributed by atoms with van der Waals surface area (Å²) in [5, 5.41) is 10.4. The Kier molecular flexibility index (Phi) is 12.4. The third-order valence-electron chi connectivity index (χ3n) is 7.73. The number of fused-ring (bicyclic) bond motifs is 1. The van der Waals surface area contributed by atoms with Gasteiger partial charge in [0.15, 0.2) is 5.65 Å². The van der Waals surface area contributed by atoms with E-state index in [1.165, 1.54) is 12.1 Å². The van der Waals surface area contributed by atoms with Crippen molar-refractivity contribution in [2.24, 2.45) is 0 Å². The van der Waals surface area contributed by atoms with E-state index in [0.717, 1.165) is 41.5 Å². The number of halogens is 2. The highest BCUT2D eigenvalue weighted by Crippen LogP contribution is 2.34.